The van der Waals surface area contributed by atoms with E-state index in [1.165, 1.54) is 17.5 Å². The van der Waals surface area contributed by atoms with Gasteiger partial charge in [-0.15, -0.1) is 11.8 Å². The van der Waals surface area contributed by atoms with Crippen molar-refractivity contribution in [3.8, 4) is 0 Å². The number of thioether (sulfide) groups is 1. The number of hydrogen-bond donors (Lipinski definition) is 1. The van der Waals surface area contributed by atoms with Crippen LogP contribution in [0, 0.1) is 5.92 Å². The van der Waals surface area contributed by atoms with Crippen LogP contribution in [0.4, 0.5) is 11.4 Å². The first-order valence-electron chi connectivity index (χ1n) is 9.65. The average Bonchev–Trinajstić information content (AvgIpc) is 3.31. The first-order valence-corrected chi connectivity index (χ1v) is 10.7. The summed E-state index contributed by atoms with van der Waals surface area (Å²) in [6.45, 7) is 0. The summed E-state index contributed by atoms with van der Waals surface area (Å²) in [6.07, 6.45) is 5.47. The van der Waals surface area contributed by atoms with Crippen LogP contribution in [-0.2, 0) is 22.4 Å². The number of nitrogens with one attached hydrogen (secondary N) is 1. The van der Waals surface area contributed by atoms with Crippen molar-refractivity contribution in [3.63, 3.8) is 0 Å². The normalized spacial score (nSPS) is 21.4. The van der Waals surface area contributed by atoms with E-state index >= 15 is 0 Å². The number of amides is 2. The fourth-order valence-electron chi connectivity index (χ4n) is 3.98. The van der Waals surface area contributed by atoms with Crippen molar-refractivity contribution in [2.24, 2.45) is 5.92 Å². The Bertz CT molecular complexity index is 905. The van der Waals surface area contributed by atoms with Gasteiger partial charge in [0, 0.05) is 17.3 Å². The number of hydrogen-bond acceptors (Lipinski definition) is 3. The first-order chi connectivity index (χ1) is 13.2. The fourth-order valence-corrected chi connectivity index (χ4v) is 5.16. The maximum absolute atomic E-state index is 12.6. The highest BCUT2D eigenvalue weighted by molar-refractivity contribution is 8.00. The molecule has 1 atom stereocenters. The molecule has 3 aliphatic rings. The molecule has 27 heavy (non-hydrogen) atoms. The summed E-state index contributed by atoms with van der Waals surface area (Å²) in [4.78, 5) is 26.5. The Morgan fingerprint density at radius 2 is 1.81 bits per heavy atom. The second-order valence-corrected chi connectivity index (χ2v) is 8.69. The largest absolute Gasteiger partial charge is 0.326 e. The third-order valence-corrected chi connectivity index (χ3v) is 6.85. The van der Waals surface area contributed by atoms with Gasteiger partial charge in [-0.05, 0) is 73.1 Å². The molecule has 1 saturated carbocycles. The Labute approximate surface area is 163 Å². The fraction of sp³-hybridized carbons (Fsp3) is 0.364. The van der Waals surface area contributed by atoms with Gasteiger partial charge in [0.15, 0.2) is 0 Å². The van der Waals surface area contributed by atoms with Gasteiger partial charge in [-0.2, -0.15) is 0 Å². The number of nitrogens with zero attached hydrogens (tertiary/aromatic N) is 1. The number of anilines is 2. The van der Waals surface area contributed by atoms with E-state index in [-0.39, 0.29) is 23.1 Å². The van der Waals surface area contributed by atoms with Gasteiger partial charge in [-0.25, -0.2) is 0 Å². The molecule has 1 saturated heterocycles. The molecule has 0 spiro atoms. The van der Waals surface area contributed by atoms with Gasteiger partial charge in [0.1, 0.15) is 5.37 Å². The average molecular weight is 378 g/mol. The summed E-state index contributed by atoms with van der Waals surface area (Å²) in [5, 5.41) is 2.97. The molecule has 0 aromatic heterocycles. The molecule has 4 nitrogen and oxygen atoms in total. The lowest BCUT2D eigenvalue weighted by atomic mass is 10.1. The van der Waals surface area contributed by atoms with Crippen molar-refractivity contribution in [2.45, 2.75) is 37.5 Å². The van der Waals surface area contributed by atoms with E-state index in [0.717, 1.165) is 42.6 Å². The van der Waals surface area contributed by atoms with E-state index in [4.69, 9.17) is 0 Å². The van der Waals surface area contributed by atoms with Gasteiger partial charge in [0.2, 0.25) is 11.8 Å². The monoisotopic (exact) mass is 378 g/mol. The maximum Gasteiger partial charge on any atom is 0.238 e. The Morgan fingerprint density at radius 1 is 1.04 bits per heavy atom. The molecule has 1 N–H and O–H groups in total. The number of carbonyl (C=O) groups excluding carboxylic acids is 2. The molecular weight excluding hydrogens is 356 g/mol. The molecule has 2 aliphatic carbocycles. The van der Waals surface area contributed by atoms with Crippen molar-refractivity contribution >= 4 is 35.0 Å². The molecule has 0 bridgehead atoms. The summed E-state index contributed by atoms with van der Waals surface area (Å²) in [6, 6.07) is 14.4. The lowest BCUT2D eigenvalue weighted by molar-refractivity contribution is -0.117. The van der Waals surface area contributed by atoms with E-state index in [9.17, 15) is 9.59 Å². The maximum atomic E-state index is 12.6. The molecule has 2 fully saturated rings. The van der Waals surface area contributed by atoms with Crippen LogP contribution >= 0.6 is 11.8 Å². The topological polar surface area (TPSA) is 49.4 Å². The molecule has 2 aromatic rings. The third kappa shape index (κ3) is 3.25. The molecule has 5 heteroatoms. The van der Waals surface area contributed by atoms with Gasteiger partial charge >= 0.3 is 0 Å². The van der Waals surface area contributed by atoms with Crippen molar-refractivity contribution in [1.29, 1.82) is 0 Å². The van der Waals surface area contributed by atoms with Crippen LogP contribution in [0.1, 0.15) is 41.3 Å². The lowest BCUT2D eigenvalue weighted by Gasteiger charge is -2.25. The zero-order valence-electron chi connectivity index (χ0n) is 15.1. The standard InChI is InChI=1S/C22H22N2O2S/c25-20-13-27-22(24(20)19-11-8-14-2-1-3-17(14)12-19)16-6-9-18(10-7-16)23-21(26)15-4-5-15/h6-12,15,22H,1-5,13H2,(H,23,26)/t22-/m0/s1. The minimum absolute atomic E-state index is 0.00913. The van der Waals surface area contributed by atoms with E-state index in [1.54, 1.807) is 11.8 Å². The molecule has 2 aromatic carbocycles. The summed E-state index contributed by atoms with van der Waals surface area (Å²) in [5.74, 6) is 0.979. The second kappa shape index (κ2) is 6.71. The molecule has 1 heterocycles. The van der Waals surface area contributed by atoms with E-state index in [0.29, 0.717) is 5.75 Å². The van der Waals surface area contributed by atoms with Gasteiger partial charge in [0.05, 0.1) is 5.75 Å². The molecular formula is C22H22N2O2S. The molecule has 138 valence electrons. The highest BCUT2D eigenvalue weighted by atomic mass is 32.2. The van der Waals surface area contributed by atoms with Crippen molar-refractivity contribution in [3.05, 3.63) is 59.2 Å². The highest BCUT2D eigenvalue weighted by Gasteiger charge is 2.34. The van der Waals surface area contributed by atoms with Crippen LogP contribution in [0.25, 0.3) is 0 Å². The SMILES string of the molecule is O=C(Nc1ccc([C@@H]2SCC(=O)N2c2ccc3c(c2)CCC3)cc1)C1CC1. The molecule has 0 unspecified atom stereocenters. The quantitative estimate of drug-likeness (QED) is 0.863. The predicted molar refractivity (Wildman–Crippen MR) is 109 cm³/mol. The number of carbonyl (C=O) groups is 2. The summed E-state index contributed by atoms with van der Waals surface area (Å²) >= 11 is 1.66. The van der Waals surface area contributed by atoms with Crippen LogP contribution in [0.15, 0.2) is 42.5 Å². The minimum Gasteiger partial charge on any atom is -0.326 e. The number of benzene rings is 2. The van der Waals surface area contributed by atoms with Crippen LogP contribution in [0.5, 0.6) is 0 Å². The highest BCUT2D eigenvalue weighted by Crippen LogP contribution is 2.43. The minimum atomic E-state index is -0.00913. The Morgan fingerprint density at radius 3 is 2.59 bits per heavy atom. The smallest absolute Gasteiger partial charge is 0.238 e. The van der Waals surface area contributed by atoms with Crippen LogP contribution in [0.2, 0.25) is 0 Å². The third-order valence-electron chi connectivity index (χ3n) is 5.64. The van der Waals surface area contributed by atoms with Crippen molar-refractivity contribution < 1.29 is 9.59 Å². The van der Waals surface area contributed by atoms with Gasteiger partial charge in [-0.1, -0.05) is 18.2 Å². The molecule has 0 radical (unpaired) electrons. The van der Waals surface area contributed by atoms with Crippen LogP contribution in [-0.4, -0.2) is 17.6 Å². The lowest BCUT2D eigenvalue weighted by Crippen LogP contribution is -2.27. The van der Waals surface area contributed by atoms with Crippen molar-refractivity contribution in [2.75, 3.05) is 16.0 Å². The molecule has 5 rings (SSSR count). The first kappa shape index (κ1) is 16.9. The van der Waals surface area contributed by atoms with Gasteiger partial charge < -0.3 is 5.32 Å². The zero-order chi connectivity index (χ0) is 18.4. The van der Waals surface area contributed by atoms with Gasteiger partial charge in [0.25, 0.3) is 0 Å². The van der Waals surface area contributed by atoms with Gasteiger partial charge in [-0.3, -0.25) is 14.5 Å². The summed E-state index contributed by atoms with van der Waals surface area (Å²) in [7, 11) is 0. The summed E-state index contributed by atoms with van der Waals surface area (Å²) in [5.41, 5.74) is 5.73. The Kier molecular flexibility index (Phi) is 4.20. The zero-order valence-corrected chi connectivity index (χ0v) is 15.9. The number of fused-ring (bicyclic) bond motifs is 1. The van der Waals surface area contributed by atoms with E-state index in [1.807, 2.05) is 29.2 Å². The van der Waals surface area contributed by atoms with Crippen LogP contribution in [0.3, 0.4) is 0 Å². The Hall–Kier alpha value is -2.27. The van der Waals surface area contributed by atoms with E-state index in [2.05, 4.69) is 23.5 Å². The number of rotatable bonds is 4. The number of aryl methyl sites for hydroxylation is 2. The van der Waals surface area contributed by atoms with Crippen molar-refractivity contribution in [1.82, 2.24) is 0 Å². The second-order valence-electron chi connectivity index (χ2n) is 7.62. The predicted octanol–water partition coefficient (Wildman–Crippen LogP) is 4.30. The van der Waals surface area contributed by atoms with Crippen LogP contribution < -0.4 is 10.2 Å². The molecule has 2 amide bonds. The van der Waals surface area contributed by atoms with E-state index < -0.39 is 0 Å². The molecule has 1 aliphatic heterocycles. The Balaban J connectivity index is 1.38. The summed E-state index contributed by atoms with van der Waals surface area (Å²) < 4.78 is 0.